The molecule has 2 fully saturated rings. The van der Waals surface area contributed by atoms with Crippen molar-refractivity contribution in [1.29, 1.82) is 0 Å². The highest BCUT2D eigenvalue weighted by Gasteiger charge is 2.42. The summed E-state index contributed by atoms with van der Waals surface area (Å²) in [6, 6.07) is 14.6. The number of rotatable bonds is 5. The Morgan fingerprint density at radius 1 is 1.13 bits per heavy atom. The number of carbonyl (C=O) groups is 2. The van der Waals surface area contributed by atoms with Crippen LogP contribution >= 0.6 is 24.0 Å². The molecule has 1 heterocycles. The third-order valence-electron chi connectivity index (χ3n) is 6.65. The molecule has 0 bridgehead atoms. The molecule has 2 aromatic rings. The number of carbonyl (C=O) groups excluding carboxylic acids is 1. The van der Waals surface area contributed by atoms with Crippen LogP contribution in [0.1, 0.15) is 41.6 Å². The van der Waals surface area contributed by atoms with Crippen LogP contribution < -0.4 is 10.6 Å². The van der Waals surface area contributed by atoms with Crippen molar-refractivity contribution in [3.63, 3.8) is 0 Å². The zero-order valence-corrected chi connectivity index (χ0v) is 18.7. The zero-order chi connectivity index (χ0) is 21.3. The summed E-state index contributed by atoms with van der Waals surface area (Å²) in [5, 5.41) is 10.2. The number of carboxylic acids is 1. The summed E-state index contributed by atoms with van der Waals surface area (Å²) >= 11 is 6.20. The van der Waals surface area contributed by atoms with Crippen LogP contribution in [0.2, 0.25) is 5.02 Å². The second-order valence-corrected chi connectivity index (χ2v) is 8.61. The van der Waals surface area contributed by atoms with Gasteiger partial charge in [-0.15, -0.1) is 12.4 Å². The van der Waals surface area contributed by atoms with Gasteiger partial charge in [-0.3, -0.25) is 4.90 Å². The van der Waals surface area contributed by atoms with Crippen LogP contribution in [-0.2, 0) is 5.41 Å². The van der Waals surface area contributed by atoms with Crippen molar-refractivity contribution in [2.75, 3.05) is 24.5 Å². The van der Waals surface area contributed by atoms with Crippen LogP contribution in [0.5, 0.6) is 0 Å². The molecule has 0 atom stereocenters. The first-order valence-electron chi connectivity index (χ1n) is 10.3. The molecule has 0 unspecified atom stereocenters. The summed E-state index contributed by atoms with van der Waals surface area (Å²) in [6.45, 7) is 1.65. The number of hydrogen-bond donors (Lipinski definition) is 2. The fourth-order valence-electron chi connectivity index (χ4n) is 4.90. The van der Waals surface area contributed by atoms with Gasteiger partial charge >= 0.3 is 12.0 Å². The molecule has 0 spiro atoms. The van der Waals surface area contributed by atoms with Crippen LogP contribution in [-0.4, -0.2) is 47.7 Å². The maximum absolute atomic E-state index is 13.1. The number of benzene rings is 2. The van der Waals surface area contributed by atoms with Crippen LogP contribution in [0.3, 0.4) is 0 Å². The molecule has 2 aliphatic rings. The summed E-state index contributed by atoms with van der Waals surface area (Å²) in [6.07, 6.45) is 3.52. The normalized spacial score (nSPS) is 23.5. The Bertz CT molecular complexity index is 961. The van der Waals surface area contributed by atoms with Gasteiger partial charge in [-0.25, -0.2) is 9.59 Å². The van der Waals surface area contributed by atoms with Gasteiger partial charge in [-0.1, -0.05) is 35.9 Å². The molecule has 0 aromatic heterocycles. The average molecular weight is 464 g/mol. The predicted molar refractivity (Wildman–Crippen MR) is 125 cm³/mol. The highest BCUT2D eigenvalue weighted by atomic mass is 35.5. The van der Waals surface area contributed by atoms with Gasteiger partial charge in [0.2, 0.25) is 0 Å². The molecule has 31 heavy (non-hydrogen) atoms. The third-order valence-corrected chi connectivity index (χ3v) is 6.88. The highest BCUT2D eigenvalue weighted by Crippen LogP contribution is 2.41. The summed E-state index contributed by atoms with van der Waals surface area (Å²) in [5.41, 5.74) is 7.87. The van der Waals surface area contributed by atoms with Gasteiger partial charge in [0.25, 0.3) is 0 Å². The lowest BCUT2D eigenvalue weighted by atomic mass is 9.68. The molecule has 1 saturated carbocycles. The van der Waals surface area contributed by atoms with Crippen LogP contribution in [0, 0.1) is 0 Å². The minimum atomic E-state index is -1.02. The van der Waals surface area contributed by atoms with E-state index in [2.05, 4.69) is 6.07 Å². The Hall–Kier alpha value is -2.28. The number of nitrogens with two attached hydrogens (primary N) is 1. The van der Waals surface area contributed by atoms with E-state index in [0.717, 1.165) is 25.7 Å². The standard InChI is InChI=1S/C23H26ClN3O3.ClH/c24-17-5-3-4-16(14-17)23(15-25)10-8-18(9-11-23)26-12-13-27(22(26)30)20-7-2-1-6-19(20)21(28)29;/h1-7,14,18H,8-13,15,25H2,(H,28,29);1H/t18-,23-;. The van der Waals surface area contributed by atoms with Gasteiger partial charge in [-0.2, -0.15) is 0 Å². The zero-order valence-electron chi connectivity index (χ0n) is 17.2. The van der Waals surface area contributed by atoms with Crippen molar-refractivity contribution < 1.29 is 14.7 Å². The maximum Gasteiger partial charge on any atom is 0.337 e. The summed E-state index contributed by atoms with van der Waals surface area (Å²) in [5.74, 6) is -1.02. The molecule has 8 heteroatoms. The average Bonchev–Trinajstić information content (AvgIpc) is 3.15. The Balaban J connectivity index is 0.00000272. The van der Waals surface area contributed by atoms with E-state index in [1.54, 1.807) is 23.1 Å². The Kier molecular flexibility index (Phi) is 7.14. The summed E-state index contributed by atoms with van der Waals surface area (Å²) in [7, 11) is 0. The van der Waals surface area contributed by atoms with E-state index in [1.807, 2.05) is 23.1 Å². The van der Waals surface area contributed by atoms with Gasteiger partial charge in [0.15, 0.2) is 0 Å². The highest BCUT2D eigenvalue weighted by molar-refractivity contribution is 6.30. The van der Waals surface area contributed by atoms with Crippen LogP contribution in [0.15, 0.2) is 48.5 Å². The molecule has 1 saturated heterocycles. The minimum Gasteiger partial charge on any atom is -0.478 e. The predicted octanol–water partition coefficient (Wildman–Crippen LogP) is 4.54. The van der Waals surface area contributed by atoms with Crippen molar-refractivity contribution in [2.24, 2.45) is 5.73 Å². The Morgan fingerprint density at radius 2 is 1.84 bits per heavy atom. The number of urea groups is 1. The van der Waals surface area contributed by atoms with E-state index in [4.69, 9.17) is 17.3 Å². The van der Waals surface area contributed by atoms with E-state index in [0.29, 0.717) is 30.3 Å². The van der Waals surface area contributed by atoms with Crippen molar-refractivity contribution >= 4 is 41.7 Å². The first-order chi connectivity index (χ1) is 14.4. The van der Waals surface area contributed by atoms with Gasteiger partial charge in [0, 0.05) is 36.1 Å². The fourth-order valence-corrected chi connectivity index (χ4v) is 5.09. The Labute approximate surface area is 193 Å². The van der Waals surface area contributed by atoms with E-state index in [1.165, 1.54) is 11.6 Å². The summed E-state index contributed by atoms with van der Waals surface area (Å²) in [4.78, 5) is 28.2. The molecule has 0 radical (unpaired) electrons. The summed E-state index contributed by atoms with van der Waals surface area (Å²) < 4.78 is 0. The second-order valence-electron chi connectivity index (χ2n) is 8.18. The first kappa shape index (κ1) is 23.4. The fraction of sp³-hybridized carbons (Fsp3) is 0.391. The van der Waals surface area contributed by atoms with E-state index in [-0.39, 0.29) is 35.5 Å². The molecule has 3 N–H and O–H groups in total. The maximum atomic E-state index is 13.1. The second kappa shape index (κ2) is 9.47. The van der Waals surface area contributed by atoms with E-state index in [9.17, 15) is 14.7 Å². The van der Waals surface area contributed by atoms with Gasteiger partial charge in [-0.05, 0) is 55.5 Å². The number of hydrogen-bond acceptors (Lipinski definition) is 3. The number of amides is 2. The number of nitrogens with zero attached hydrogens (tertiary/aromatic N) is 2. The van der Waals surface area contributed by atoms with Crippen LogP contribution in [0.4, 0.5) is 10.5 Å². The largest absolute Gasteiger partial charge is 0.478 e. The van der Waals surface area contributed by atoms with Crippen molar-refractivity contribution in [2.45, 2.75) is 37.1 Å². The third kappa shape index (κ3) is 4.38. The SMILES string of the molecule is Cl.NC[C@]1(c2cccc(Cl)c2)CC[C@H](N2CCN(c3ccccc3C(=O)O)C2=O)CC1. The quantitative estimate of drug-likeness (QED) is 0.680. The van der Waals surface area contributed by atoms with Crippen molar-refractivity contribution in [1.82, 2.24) is 4.90 Å². The van der Waals surface area contributed by atoms with E-state index >= 15 is 0 Å². The number of carboxylic acid groups (broad SMARTS) is 1. The molecule has 2 aromatic carbocycles. The molecular formula is C23H27Cl2N3O3. The molecule has 6 nitrogen and oxygen atoms in total. The van der Waals surface area contributed by atoms with E-state index < -0.39 is 5.97 Å². The van der Waals surface area contributed by atoms with Crippen LogP contribution in [0.25, 0.3) is 0 Å². The lowest BCUT2D eigenvalue weighted by molar-refractivity contribution is 0.0697. The monoisotopic (exact) mass is 463 g/mol. The molecule has 4 rings (SSSR count). The minimum absolute atomic E-state index is 0. The number of anilines is 1. The molecule has 166 valence electrons. The Morgan fingerprint density at radius 3 is 2.48 bits per heavy atom. The van der Waals surface area contributed by atoms with Crippen molar-refractivity contribution in [3.8, 4) is 0 Å². The lowest BCUT2D eigenvalue weighted by Gasteiger charge is -2.42. The molecule has 1 aliphatic heterocycles. The topological polar surface area (TPSA) is 86.9 Å². The number of halogens is 2. The first-order valence-corrected chi connectivity index (χ1v) is 10.7. The molecule has 2 amide bonds. The smallest absolute Gasteiger partial charge is 0.337 e. The van der Waals surface area contributed by atoms with Crippen molar-refractivity contribution in [3.05, 3.63) is 64.7 Å². The van der Waals surface area contributed by atoms with Gasteiger partial charge < -0.3 is 15.7 Å². The number of aromatic carboxylic acids is 1. The lowest BCUT2D eigenvalue weighted by Crippen LogP contribution is -2.47. The molecule has 1 aliphatic carbocycles. The van der Waals surface area contributed by atoms with Gasteiger partial charge in [0.05, 0.1) is 11.3 Å². The van der Waals surface area contributed by atoms with Gasteiger partial charge in [0.1, 0.15) is 0 Å². The number of para-hydroxylation sites is 1. The molecular weight excluding hydrogens is 437 g/mol.